The molecule has 27 heavy (non-hydrogen) atoms. The van der Waals surface area contributed by atoms with Gasteiger partial charge in [0.15, 0.2) is 0 Å². The van der Waals surface area contributed by atoms with Gasteiger partial charge in [-0.1, -0.05) is 13.8 Å². The van der Waals surface area contributed by atoms with Crippen molar-refractivity contribution >= 4 is 11.8 Å². The molecule has 6 nitrogen and oxygen atoms in total. The van der Waals surface area contributed by atoms with Gasteiger partial charge in [0.25, 0.3) is 0 Å². The molecule has 0 saturated carbocycles. The standard InChI is InChI=1S/C21H30N2O4/c1-14(2)12-22-13-15(10-20(22)24)21(25)23-9-5-6-18(23)17-8-7-16(26-3)11-19(17)27-4/h7-8,11,14-15,18H,5-6,9-10,12-13H2,1-4H3/t15-,18+/m1/s1. The molecule has 6 heteroatoms. The minimum atomic E-state index is -0.235. The molecule has 2 aliphatic heterocycles. The number of rotatable bonds is 6. The molecule has 1 aromatic rings. The van der Waals surface area contributed by atoms with Gasteiger partial charge in [-0.2, -0.15) is 0 Å². The predicted octanol–water partition coefficient (Wildman–Crippen LogP) is 2.87. The highest BCUT2D eigenvalue weighted by atomic mass is 16.5. The highest BCUT2D eigenvalue weighted by Crippen LogP contribution is 2.40. The average Bonchev–Trinajstić information content (AvgIpc) is 3.27. The molecule has 0 N–H and O–H groups in total. The van der Waals surface area contributed by atoms with Gasteiger partial charge in [0.1, 0.15) is 11.5 Å². The van der Waals surface area contributed by atoms with Crippen LogP contribution in [0.3, 0.4) is 0 Å². The fourth-order valence-corrected chi connectivity index (χ4v) is 4.24. The summed E-state index contributed by atoms with van der Waals surface area (Å²) in [6, 6.07) is 5.74. The Labute approximate surface area is 161 Å². The van der Waals surface area contributed by atoms with Crippen LogP contribution in [-0.2, 0) is 9.59 Å². The van der Waals surface area contributed by atoms with Crippen LogP contribution in [0, 0.1) is 11.8 Å². The lowest BCUT2D eigenvalue weighted by Gasteiger charge is -2.29. The highest BCUT2D eigenvalue weighted by molar-refractivity contribution is 5.89. The number of benzene rings is 1. The van der Waals surface area contributed by atoms with E-state index in [2.05, 4.69) is 13.8 Å². The molecule has 0 aromatic heterocycles. The molecule has 2 fully saturated rings. The maximum absolute atomic E-state index is 13.2. The van der Waals surface area contributed by atoms with Crippen molar-refractivity contribution in [2.75, 3.05) is 33.9 Å². The van der Waals surface area contributed by atoms with E-state index in [1.807, 2.05) is 28.0 Å². The van der Waals surface area contributed by atoms with Crippen LogP contribution in [0.4, 0.5) is 0 Å². The van der Waals surface area contributed by atoms with Crippen molar-refractivity contribution in [3.05, 3.63) is 23.8 Å². The number of carbonyl (C=O) groups is 2. The third-order valence-electron chi connectivity index (χ3n) is 5.48. The topological polar surface area (TPSA) is 59.1 Å². The van der Waals surface area contributed by atoms with Crippen LogP contribution in [0.5, 0.6) is 11.5 Å². The number of carbonyl (C=O) groups excluding carboxylic acids is 2. The summed E-state index contributed by atoms with van der Waals surface area (Å²) in [5.74, 6) is 1.84. The van der Waals surface area contributed by atoms with Crippen molar-refractivity contribution in [1.29, 1.82) is 0 Å². The molecule has 148 valence electrons. The minimum absolute atomic E-state index is 0.00685. The molecule has 0 spiro atoms. The van der Waals surface area contributed by atoms with Crippen LogP contribution in [0.15, 0.2) is 18.2 Å². The summed E-state index contributed by atoms with van der Waals surface area (Å²) in [4.78, 5) is 29.3. The molecule has 0 bridgehead atoms. The first-order valence-electron chi connectivity index (χ1n) is 9.74. The summed E-state index contributed by atoms with van der Waals surface area (Å²) in [5, 5.41) is 0. The Morgan fingerprint density at radius 3 is 2.70 bits per heavy atom. The van der Waals surface area contributed by atoms with Crippen LogP contribution in [0.2, 0.25) is 0 Å². The number of ether oxygens (including phenoxy) is 2. The summed E-state index contributed by atoms with van der Waals surface area (Å²) in [5.41, 5.74) is 1.01. The van der Waals surface area contributed by atoms with Crippen molar-refractivity contribution in [3.8, 4) is 11.5 Å². The summed E-state index contributed by atoms with van der Waals surface area (Å²) in [7, 11) is 3.26. The molecular weight excluding hydrogens is 344 g/mol. The van der Waals surface area contributed by atoms with Crippen molar-refractivity contribution in [1.82, 2.24) is 9.80 Å². The van der Waals surface area contributed by atoms with E-state index >= 15 is 0 Å². The van der Waals surface area contributed by atoms with Gasteiger partial charge in [0, 0.05) is 37.7 Å². The number of likely N-dealkylation sites (tertiary alicyclic amines) is 2. The summed E-state index contributed by atoms with van der Waals surface area (Å²) >= 11 is 0. The van der Waals surface area contributed by atoms with Crippen molar-refractivity contribution in [2.24, 2.45) is 11.8 Å². The Hall–Kier alpha value is -2.24. The molecule has 0 radical (unpaired) electrons. The second kappa shape index (κ2) is 8.19. The summed E-state index contributed by atoms with van der Waals surface area (Å²) in [6.07, 6.45) is 2.20. The van der Waals surface area contributed by atoms with Crippen molar-refractivity contribution < 1.29 is 19.1 Å². The maximum atomic E-state index is 13.2. The van der Waals surface area contributed by atoms with Crippen molar-refractivity contribution in [3.63, 3.8) is 0 Å². The van der Waals surface area contributed by atoms with Gasteiger partial charge in [-0.25, -0.2) is 0 Å². The molecule has 2 atom stereocenters. The van der Waals surface area contributed by atoms with Gasteiger partial charge in [0.05, 0.1) is 26.2 Å². The molecule has 1 aromatic carbocycles. The van der Waals surface area contributed by atoms with Gasteiger partial charge in [-0.15, -0.1) is 0 Å². The van der Waals surface area contributed by atoms with E-state index in [9.17, 15) is 9.59 Å². The Balaban J connectivity index is 1.77. The van der Waals surface area contributed by atoms with E-state index in [1.165, 1.54) is 0 Å². The van der Waals surface area contributed by atoms with Crippen molar-refractivity contribution in [2.45, 2.75) is 39.2 Å². The first-order valence-corrected chi connectivity index (χ1v) is 9.74. The normalized spacial score (nSPS) is 22.6. The molecule has 0 unspecified atom stereocenters. The monoisotopic (exact) mass is 374 g/mol. The van der Waals surface area contributed by atoms with Crippen LogP contribution in [-0.4, -0.2) is 55.5 Å². The number of methoxy groups -OCH3 is 2. The molecule has 2 saturated heterocycles. The van der Waals surface area contributed by atoms with E-state index in [4.69, 9.17) is 9.47 Å². The Morgan fingerprint density at radius 2 is 2.04 bits per heavy atom. The largest absolute Gasteiger partial charge is 0.497 e. The lowest BCUT2D eigenvalue weighted by Crippen LogP contribution is -2.37. The average molecular weight is 374 g/mol. The Bertz CT molecular complexity index is 703. The first-order chi connectivity index (χ1) is 12.9. The zero-order chi connectivity index (χ0) is 19.6. The molecule has 3 rings (SSSR count). The zero-order valence-corrected chi connectivity index (χ0v) is 16.7. The van der Waals surface area contributed by atoms with E-state index in [0.717, 1.165) is 43.0 Å². The van der Waals surface area contributed by atoms with Gasteiger partial charge in [-0.3, -0.25) is 9.59 Å². The van der Waals surface area contributed by atoms with Gasteiger partial charge in [0.2, 0.25) is 11.8 Å². The quantitative estimate of drug-likeness (QED) is 0.768. The summed E-state index contributed by atoms with van der Waals surface area (Å²) in [6.45, 7) is 6.18. The second-order valence-corrected chi connectivity index (χ2v) is 7.89. The highest BCUT2D eigenvalue weighted by Gasteiger charge is 2.40. The van der Waals surface area contributed by atoms with Gasteiger partial charge >= 0.3 is 0 Å². The fourth-order valence-electron chi connectivity index (χ4n) is 4.24. The smallest absolute Gasteiger partial charge is 0.228 e. The minimum Gasteiger partial charge on any atom is -0.497 e. The van der Waals surface area contributed by atoms with E-state index in [1.54, 1.807) is 14.2 Å². The van der Waals surface area contributed by atoms with Crippen LogP contribution >= 0.6 is 0 Å². The zero-order valence-electron chi connectivity index (χ0n) is 16.7. The molecule has 2 aliphatic rings. The first kappa shape index (κ1) is 19.5. The molecule has 0 aliphatic carbocycles. The molecule has 2 heterocycles. The third kappa shape index (κ3) is 4.04. The SMILES string of the molecule is COc1ccc([C@@H]2CCCN2C(=O)[C@@H]2CC(=O)N(CC(C)C)C2)c(OC)c1. The number of nitrogens with zero attached hydrogens (tertiary/aromatic N) is 2. The van der Waals surface area contributed by atoms with Crippen LogP contribution in [0.25, 0.3) is 0 Å². The van der Waals surface area contributed by atoms with Gasteiger partial charge < -0.3 is 19.3 Å². The van der Waals surface area contributed by atoms with E-state index in [0.29, 0.717) is 18.9 Å². The summed E-state index contributed by atoms with van der Waals surface area (Å²) < 4.78 is 10.8. The third-order valence-corrected chi connectivity index (χ3v) is 5.48. The van der Waals surface area contributed by atoms with E-state index in [-0.39, 0.29) is 23.8 Å². The number of amides is 2. The number of hydrogen-bond acceptors (Lipinski definition) is 4. The van der Waals surface area contributed by atoms with E-state index < -0.39 is 0 Å². The lowest BCUT2D eigenvalue weighted by molar-refractivity contribution is -0.136. The second-order valence-electron chi connectivity index (χ2n) is 7.89. The number of hydrogen-bond donors (Lipinski definition) is 0. The Morgan fingerprint density at radius 1 is 1.26 bits per heavy atom. The van der Waals surface area contributed by atoms with Gasteiger partial charge in [-0.05, 0) is 30.9 Å². The lowest BCUT2D eigenvalue weighted by atomic mass is 10.0. The fraction of sp³-hybridized carbons (Fsp3) is 0.619. The predicted molar refractivity (Wildman–Crippen MR) is 103 cm³/mol. The Kier molecular flexibility index (Phi) is 5.92. The van der Waals surface area contributed by atoms with Crippen LogP contribution < -0.4 is 9.47 Å². The van der Waals surface area contributed by atoms with Crippen LogP contribution in [0.1, 0.15) is 44.7 Å². The maximum Gasteiger partial charge on any atom is 0.228 e. The molecular formula is C21H30N2O4. The molecule has 2 amide bonds.